The average Bonchev–Trinajstić information content (AvgIpc) is 2.98. The van der Waals surface area contributed by atoms with E-state index in [9.17, 15) is 4.79 Å². The lowest BCUT2D eigenvalue weighted by Crippen LogP contribution is -2.31. The van der Waals surface area contributed by atoms with Crippen LogP contribution in [0.2, 0.25) is 0 Å². The number of carbonyl (C=O) groups excluding carboxylic acids is 1. The van der Waals surface area contributed by atoms with Crippen LogP contribution in [0.25, 0.3) is 0 Å². The topological polar surface area (TPSA) is 56.2 Å². The van der Waals surface area contributed by atoms with Gasteiger partial charge in [-0.25, -0.2) is 0 Å². The molecule has 5 nitrogen and oxygen atoms in total. The smallest absolute Gasteiger partial charge is 0.258 e. The normalized spacial score (nSPS) is 12.2. The van der Waals surface area contributed by atoms with Gasteiger partial charge in [-0.05, 0) is 32.2 Å². The number of aromatic nitrogens is 2. The Kier molecular flexibility index (Phi) is 4.44. The highest BCUT2D eigenvalue weighted by molar-refractivity contribution is 7.10. The van der Waals surface area contributed by atoms with Crippen LogP contribution in [0, 0.1) is 13.8 Å². The van der Waals surface area contributed by atoms with Gasteiger partial charge < -0.3 is 10.1 Å². The molecule has 0 saturated heterocycles. The van der Waals surface area contributed by atoms with Gasteiger partial charge in [-0.3, -0.25) is 9.48 Å². The van der Waals surface area contributed by atoms with Gasteiger partial charge in [0.15, 0.2) is 12.4 Å². The molecule has 2 heterocycles. The van der Waals surface area contributed by atoms with Crippen molar-refractivity contribution in [3.63, 3.8) is 0 Å². The molecule has 0 fully saturated rings. The molecule has 0 aromatic carbocycles. The fourth-order valence-electron chi connectivity index (χ4n) is 1.99. The molecule has 1 amide bonds. The molecule has 0 aliphatic carbocycles. The number of carbonyl (C=O) groups is 1. The van der Waals surface area contributed by atoms with Crippen LogP contribution in [0.5, 0.6) is 5.75 Å². The molecule has 0 aliphatic heterocycles. The molecular formula is C14H19N3O2S. The molecule has 1 N–H and O–H groups in total. The summed E-state index contributed by atoms with van der Waals surface area (Å²) in [4.78, 5) is 13.0. The first-order valence-electron chi connectivity index (χ1n) is 6.44. The van der Waals surface area contributed by atoms with Crippen molar-refractivity contribution in [2.24, 2.45) is 7.05 Å². The highest BCUT2D eigenvalue weighted by Gasteiger charge is 2.14. The molecule has 0 saturated carbocycles. The Labute approximate surface area is 122 Å². The van der Waals surface area contributed by atoms with Crippen LogP contribution >= 0.6 is 11.3 Å². The number of nitrogens with one attached hydrogen (secondary N) is 1. The van der Waals surface area contributed by atoms with Crippen molar-refractivity contribution >= 4 is 17.2 Å². The van der Waals surface area contributed by atoms with Gasteiger partial charge in [0.25, 0.3) is 5.91 Å². The SMILES string of the molecule is Cc1nn(C)c(C)c1OCC(=O)N[C@@H](C)c1cccs1. The van der Waals surface area contributed by atoms with Gasteiger partial charge in [0, 0.05) is 11.9 Å². The first kappa shape index (κ1) is 14.6. The summed E-state index contributed by atoms with van der Waals surface area (Å²) in [6.45, 7) is 5.75. The maximum Gasteiger partial charge on any atom is 0.258 e. The predicted octanol–water partition coefficient (Wildman–Crippen LogP) is 2.35. The average molecular weight is 293 g/mol. The van der Waals surface area contributed by atoms with E-state index < -0.39 is 0 Å². The van der Waals surface area contributed by atoms with Gasteiger partial charge in [-0.1, -0.05) is 6.07 Å². The summed E-state index contributed by atoms with van der Waals surface area (Å²) in [5.41, 5.74) is 1.71. The van der Waals surface area contributed by atoms with Crippen LogP contribution in [0.3, 0.4) is 0 Å². The van der Waals surface area contributed by atoms with Crippen molar-refractivity contribution in [2.45, 2.75) is 26.8 Å². The maximum absolute atomic E-state index is 11.9. The number of rotatable bonds is 5. The summed E-state index contributed by atoms with van der Waals surface area (Å²) in [6, 6.07) is 3.98. The maximum atomic E-state index is 11.9. The third-order valence-electron chi connectivity index (χ3n) is 3.14. The fraction of sp³-hybridized carbons (Fsp3) is 0.429. The van der Waals surface area contributed by atoms with Crippen LogP contribution in [-0.2, 0) is 11.8 Å². The Morgan fingerprint density at radius 3 is 2.85 bits per heavy atom. The Bertz CT molecular complexity index is 590. The summed E-state index contributed by atoms with van der Waals surface area (Å²) in [5.74, 6) is 0.556. The first-order chi connectivity index (χ1) is 9.49. The van der Waals surface area contributed by atoms with Gasteiger partial charge in [0.05, 0.1) is 11.7 Å². The zero-order valence-corrected chi connectivity index (χ0v) is 13.0. The number of thiophene rings is 1. The van der Waals surface area contributed by atoms with Gasteiger partial charge >= 0.3 is 0 Å². The summed E-state index contributed by atoms with van der Waals surface area (Å²) >= 11 is 1.63. The predicted molar refractivity (Wildman–Crippen MR) is 79.1 cm³/mol. The molecule has 20 heavy (non-hydrogen) atoms. The largest absolute Gasteiger partial charge is 0.480 e. The summed E-state index contributed by atoms with van der Waals surface area (Å²) in [5, 5.41) is 9.17. The first-order valence-corrected chi connectivity index (χ1v) is 7.32. The van der Waals surface area contributed by atoms with E-state index in [0.29, 0.717) is 5.75 Å². The van der Waals surface area contributed by atoms with Crippen LogP contribution in [-0.4, -0.2) is 22.3 Å². The monoisotopic (exact) mass is 293 g/mol. The molecule has 2 aromatic rings. The van der Waals surface area contributed by atoms with Crippen LogP contribution in [0.1, 0.15) is 29.2 Å². The molecule has 0 bridgehead atoms. The van der Waals surface area contributed by atoms with Gasteiger partial charge in [-0.2, -0.15) is 5.10 Å². The highest BCUT2D eigenvalue weighted by Crippen LogP contribution is 2.21. The zero-order valence-electron chi connectivity index (χ0n) is 12.1. The van der Waals surface area contributed by atoms with E-state index in [4.69, 9.17) is 4.74 Å². The summed E-state index contributed by atoms with van der Waals surface area (Å²) in [6.07, 6.45) is 0. The van der Waals surface area contributed by atoms with Gasteiger partial charge in [0.2, 0.25) is 0 Å². The number of hydrogen-bond donors (Lipinski definition) is 1. The standard InChI is InChI=1S/C14H19N3O2S/c1-9(12-6-5-7-20-12)15-13(18)8-19-14-10(2)16-17(4)11(14)3/h5-7,9H,8H2,1-4H3,(H,15,18)/t9-/m0/s1. The minimum Gasteiger partial charge on any atom is -0.480 e. The van der Waals surface area contributed by atoms with E-state index in [2.05, 4.69) is 10.4 Å². The van der Waals surface area contributed by atoms with Crippen LogP contribution < -0.4 is 10.1 Å². The molecule has 0 radical (unpaired) electrons. The summed E-state index contributed by atoms with van der Waals surface area (Å²) < 4.78 is 7.32. The lowest BCUT2D eigenvalue weighted by Gasteiger charge is -2.12. The minimum atomic E-state index is -0.131. The Balaban J connectivity index is 1.89. The van der Waals surface area contributed by atoms with E-state index >= 15 is 0 Å². The molecule has 2 aromatic heterocycles. The Hall–Kier alpha value is -1.82. The minimum absolute atomic E-state index is 0.00203. The fourth-order valence-corrected chi connectivity index (χ4v) is 2.73. The van der Waals surface area contributed by atoms with Crippen molar-refractivity contribution < 1.29 is 9.53 Å². The van der Waals surface area contributed by atoms with E-state index in [-0.39, 0.29) is 18.6 Å². The third kappa shape index (κ3) is 3.19. The van der Waals surface area contributed by atoms with Gasteiger partial charge in [-0.15, -0.1) is 11.3 Å². The Morgan fingerprint density at radius 1 is 1.55 bits per heavy atom. The highest BCUT2D eigenvalue weighted by atomic mass is 32.1. The number of nitrogens with zero attached hydrogens (tertiary/aromatic N) is 2. The zero-order chi connectivity index (χ0) is 14.7. The van der Waals surface area contributed by atoms with Crippen molar-refractivity contribution in [3.05, 3.63) is 33.8 Å². The molecule has 0 unspecified atom stereocenters. The molecule has 108 valence electrons. The van der Waals surface area contributed by atoms with E-state index in [0.717, 1.165) is 16.3 Å². The molecular weight excluding hydrogens is 274 g/mol. The lowest BCUT2D eigenvalue weighted by atomic mass is 10.3. The van der Waals surface area contributed by atoms with Crippen LogP contribution in [0.15, 0.2) is 17.5 Å². The van der Waals surface area contributed by atoms with Crippen LogP contribution in [0.4, 0.5) is 0 Å². The summed E-state index contributed by atoms with van der Waals surface area (Å²) in [7, 11) is 1.86. The number of ether oxygens (including phenoxy) is 1. The quantitative estimate of drug-likeness (QED) is 0.920. The molecule has 6 heteroatoms. The molecule has 0 spiro atoms. The number of hydrogen-bond acceptors (Lipinski definition) is 4. The Morgan fingerprint density at radius 2 is 2.30 bits per heavy atom. The van der Waals surface area contributed by atoms with Crippen molar-refractivity contribution in [1.82, 2.24) is 15.1 Å². The van der Waals surface area contributed by atoms with Crippen molar-refractivity contribution in [1.29, 1.82) is 0 Å². The molecule has 1 atom stereocenters. The second-order valence-electron chi connectivity index (χ2n) is 4.72. The van der Waals surface area contributed by atoms with Gasteiger partial charge in [0.1, 0.15) is 5.69 Å². The third-order valence-corrected chi connectivity index (χ3v) is 4.19. The van der Waals surface area contributed by atoms with E-state index in [1.54, 1.807) is 16.0 Å². The molecule has 0 aliphatic rings. The second kappa shape index (κ2) is 6.09. The number of aryl methyl sites for hydroxylation is 2. The van der Waals surface area contributed by atoms with E-state index in [1.807, 2.05) is 45.3 Å². The van der Waals surface area contributed by atoms with E-state index in [1.165, 1.54) is 0 Å². The lowest BCUT2D eigenvalue weighted by molar-refractivity contribution is -0.123. The molecule has 2 rings (SSSR count). The van der Waals surface area contributed by atoms with Crippen molar-refractivity contribution in [2.75, 3.05) is 6.61 Å². The van der Waals surface area contributed by atoms with Crippen molar-refractivity contribution in [3.8, 4) is 5.75 Å². The second-order valence-corrected chi connectivity index (χ2v) is 5.70. The number of amides is 1.